The zero-order valence-electron chi connectivity index (χ0n) is 10.6. The predicted molar refractivity (Wildman–Crippen MR) is 79.3 cm³/mol. The van der Waals surface area contributed by atoms with E-state index in [1.807, 2.05) is 24.0 Å². The number of hydrogen-bond acceptors (Lipinski definition) is 3. The van der Waals surface area contributed by atoms with E-state index >= 15 is 0 Å². The van der Waals surface area contributed by atoms with Crippen molar-refractivity contribution in [3.63, 3.8) is 0 Å². The van der Waals surface area contributed by atoms with Crippen LogP contribution in [-0.2, 0) is 0 Å². The molecule has 17 heavy (non-hydrogen) atoms. The maximum Gasteiger partial charge on any atom is 0.0960 e. The van der Waals surface area contributed by atoms with Gasteiger partial charge in [-0.3, -0.25) is 0 Å². The summed E-state index contributed by atoms with van der Waals surface area (Å²) in [6, 6.07) is 4.09. The van der Waals surface area contributed by atoms with Crippen molar-refractivity contribution in [3.05, 3.63) is 22.8 Å². The van der Waals surface area contributed by atoms with Crippen LogP contribution in [-0.4, -0.2) is 17.3 Å². The zero-order chi connectivity index (χ0) is 12.7. The first kappa shape index (κ1) is 15.0. The molecule has 96 valence electrons. The first-order valence-electron chi connectivity index (χ1n) is 5.98. The number of unbranched alkanes of at least 4 members (excludes halogenated alkanes) is 1. The molecular formula is C13H21BrN2S. The van der Waals surface area contributed by atoms with Crippen molar-refractivity contribution in [2.45, 2.75) is 38.1 Å². The first-order valence-corrected chi connectivity index (χ1v) is 7.76. The van der Waals surface area contributed by atoms with Crippen LogP contribution < -0.4 is 5.73 Å². The number of nitrogens with zero attached hydrogens (tertiary/aromatic N) is 1. The molecule has 1 aromatic rings. The number of hydrogen-bond donors (Lipinski definition) is 1. The van der Waals surface area contributed by atoms with Gasteiger partial charge in [0.1, 0.15) is 0 Å². The Balaban J connectivity index is 2.14. The number of thioether (sulfide) groups is 1. The van der Waals surface area contributed by atoms with E-state index < -0.39 is 0 Å². The lowest BCUT2D eigenvalue weighted by Crippen LogP contribution is -2.23. The molecule has 2 nitrogen and oxygen atoms in total. The molecule has 0 unspecified atom stereocenters. The number of halogens is 1. The highest BCUT2D eigenvalue weighted by molar-refractivity contribution is 9.10. The molecule has 0 bridgehead atoms. The topological polar surface area (TPSA) is 38.9 Å². The van der Waals surface area contributed by atoms with Gasteiger partial charge in [-0.2, -0.15) is 0 Å². The van der Waals surface area contributed by atoms with Crippen LogP contribution >= 0.6 is 27.7 Å². The Morgan fingerprint density at radius 1 is 1.35 bits per heavy atom. The predicted octanol–water partition coefficient (Wildman–Crippen LogP) is 4.09. The standard InChI is InChI=1S/C13H21BrN2S/c1-13(2,10-15)7-3-4-8-17-12-6-5-11(14)9-16-12/h5-6,9H,3-4,7-8,10,15H2,1-2H3. The summed E-state index contributed by atoms with van der Waals surface area (Å²) in [5, 5.41) is 1.10. The Bertz CT molecular complexity index is 325. The second kappa shape index (κ2) is 7.39. The Hall–Kier alpha value is -0.0600. The third-order valence-corrected chi connectivity index (χ3v) is 4.25. The van der Waals surface area contributed by atoms with Crippen molar-refractivity contribution in [2.24, 2.45) is 11.1 Å². The monoisotopic (exact) mass is 316 g/mol. The highest BCUT2D eigenvalue weighted by atomic mass is 79.9. The van der Waals surface area contributed by atoms with Crippen LogP contribution in [0, 0.1) is 5.41 Å². The number of nitrogens with two attached hydrogens (primary N) is 1. The number of pyridine rings is 1. The van der Waals surface area contributed by atoms with E-state index in [2.05, 4.69) is 40.8 Å². The highest BCUT2D eigenvalue weighted by Crippen LogP contribution is 2.23. The molecule has 1 rings (SSSR count). The van der Waals surface area contributed by atoms with Crippen LogP contribution in [0.15, 0.2) is 27.8 Å². The van der Waals surface area contributed by atoms with Gasteiger partial charge in [0.15, 0.2) is 0 Å². The van der Waals surface area contributed by atoms with Crippen LogP contribution in [0.5, 0.6) is 0 Å². The van der Waals surface area contributed by atoms with Gasteiger partial charge in [0.05, 0.1) is 5.03 Å². The quantitative estimate of drug-likeness (QED) is 0.608. The van der Waals surface area contributed by atoms with Crippen LogP contribution in [0.3, 0.4) is 0 Å². The molecular weight excluding hydrogens is 296 g/mol. The van der Waals surface area contributed by atoms with E-state index in [1.165, 1.54) is 19.3 Å². The third kappa shape index (κ3) is 6.43. The lowest BCUT2D eigenvalue weighted by molar-refractivity contribution is 0.336. The van der Waals surface area contributed by atoms with Crippen molar-refractivity contribution < 1.29 is 0 Å². The van der Waals surface area contributed by atoms with Crippen LogP contribution in [0.2, 0.25) is 0 Å². The van der Waals surface area contributed by atoms with Crippen molar-refractivity contribution in [2.75, 3.05) is 12.3 Å². The minimum atomic E-state index is 0.292. The molecule has 0 aromatic carbocycles. The van der Waals surface area contributed by atoms with E-state index in [4.69, 9.17) is 5.73 Å². The van der Waals surface area contributed by atoms with Gasteiger partial charge in [-0.25, -0.2) is 4.98 Å². The summed E-state index contributed by atoms with van der Waals surface area (Å²) >= 11 is 5.21. The van der Waals surface area contributed by atoms with Crippen molar-refractivity contribution >= 4 is 27.7 Å². The second-order valence-electron chi connectivity index (χ2n) is 4.99. The molecule has 1 heterocycles. The number of rotatable bonds is 7. The fraction of sp³-hybridized carbons (Fsp3) is 0.615. The van der Waals surface area contributed by atoms with Gasteiger partial charge in [-0.1, -0.05) is 20.3 Å². The molecule has 0 fully saturated rings. The smallest absolute Gasteiger partial charge is 0.0960 e. The van der Waals surface area contributed by atoms with E-state index in [9.17, 15) is 0 Å². The van der Waals surface area contributed by atoms with Gasteiger partial charge in [-0.15, -0.1) is 11.8 Å². The Morgan fingerprint density at radius 3 is 2.71 bits per heavy atom. The zero-order valence-corrected chi connectivity index (χ0v) is 13.0. The number of aromatic nitrogens is 1. The molecule has 0 aliphatic heterocycles. The third-order valence-electron chi connectivity index (χ3n) is 2.75. The van der Waals surface area contributed by atoms with E-state index in [0.29, 0.717) is 5.41 Å². The lowest BCUT2D eigenvalue weighted by atomic mass is 9.88. The summed E-state index contributed by atoms with van der Waals surface area (Å²) in [5.74, 6) is 1.13. The second-order valence-corrected chi connectivity index (χ2v) is 7.02. The van der Waals surface area contributed by atoms with Gasteiger partial charge in [-0.05, 0) is 58.6 Å². The van der Waals surface area contributed by atoms with Crippen LogP contribution in [0.1, 0.15) is 33.1 Å². The summed E-state index contributed by atoms with van der Waals surface area (Å²) in [5.41, 5.74) is 6.00. The van der Waals surface area contributed by atoms with Gasteiger partial charge < -0.3 is 5.73 Å². The molecule has 0 atom stereocenters. The molecule has 0 saturated carbocycles. The van der Waals surface area contributed by atoms with Crippen molar-refractivity contribution in [1.82, 2.24) is 4.98 Å². The molecule has 4 heteroatoms. The van der Waals surface area contributed by atoms with Crippen LogP contribution in [0.4, 0.5) is 0 Å². The summed E-state index contributed by atoms with van der Waals surface area (Å²) in [6.45, 7) is 5.24. The Labute approximate surface area is 117 Å². The van der Waals surface area contributed by atoms with Gasteiger partial charge >= 0.3 is 0 Å². The fourth-order valence-corrected chi connectivity index (χ4v) is 2.52. The molecule has 2 N–H and O–H groups in total. The summed E-state index contributed by atoms with van der Waals surface area (Å²) in [4.78, 5) is 4.34. The van der Waals surface area contributed by atoms with Gasteiger partial charge in [0, 0.05) is 10.7 Å². The Morgan fingerprint density at radius 2 is 2.12 bits per heavy atom. The fourth-order valence-electron chi connectivity index (χ4n) is 1.43. The molecule has 0 radical (unpaired) electrons. The lowest BCUT2D eigenvalue weighted by Gasteiger charge is -2.21. The summed E-state index contributed by atoms with van der Waals surface area (Å²) in [6.07, 6.45) is 5.53. The maximum atomic E-state index is 5.71. The average Bonchev–Trinajstić information content (AvgIpc) is 2.31. The summed E-state index contributed by atoms with van der Waals surface area (Å²) < 4.78 is 1.03. The minimum absolute atomic E-state index is 0.292. The molecule has 0 aliphatic rings. The van der Waals surface area contributed by atoms with E-state index in [0.717, 1.165) is 21.8 Å². The normalized spacial score (nSPS) is 11.8. The largest absolute Gasteiger partial charge is 0.330 e. The molecule has 1 aromatic heterocycles. The van der Waals surface area contributed by atoms with Crippen molar-refractivity contribution in [3.8, 4) is 0 Å². The van der Waals surface area contributed by atoms with Gasteiger partial charge in [0.2, 0.25) is 0 Å². The molecule has 0 spiro atoms. The minimum Gasteiger partial charge on any atom is -0.330 e. The highest BCUT2D eigenvalue weighted by Gasteiger charge is 2.14. The summed E-state index contributed by atoms with van der Waals surface area (Å²) in [7, 11) is 0. The van der Waals surface area contributed by atoms with Crippen LogP contribution in [0.25, 0.3) is 0 Å². The van der Waals surface area contributed by atoms with Gasteiger partial charge in [0.25, 0.3) is 0 Å². The van der Waals surface area contributed by atoms with E-state index in [1.54, 1.807) is 0 Å². The molecule has 0 aliphatic carbocycles. The average molecular weight is 317 g/mol. The molecule has 0 amide bonds. The first-order chi connectivity index (χ1) is 8.03. The van der Waals surface area contributed by atoms with Crippen molar-refractivity contribution in [1.29, 1.82) is 0 Å². The SMILES string of the molecule is CC(C)(CN)CCCCSc1ccc(Br)cn1. The van der Waals surface area contributed by atoms with E-state index in [-0.39, 0.29) is 0 Å². The maximum absolute atomic E-state index is 5.71. The Kier molecular flexibility index (Phi) is 6.52. The molecule has 0 saturated heterocycles.